The van der Waals surface area contributed by atoms with Gasteiger partial charge in [0.15, 0.2) is 0 Å². The molecular formula is C18H25NO2. The number of ether oxygens (including phenoxy) is 1. The fourth-order valence-corrected chi connectivity index (χ4v) is 3.38. The molecule has 0 amide bonds. The second-order valence-electron chi connectivity index (χ2n) is 7.09. The molecule has 114 valence electrons. The number of nitrogens with zero attached hydrogens (tertiary/aromatic N) is 1. The normalized spacial score (nSPS) is 17.4. The zero-order valence-corrected chi connectivity index (χ0v) is 13.7. The summed E-state index contributed by atoms with van der Waals surface area (Å²) in [5, 5.41) is 0. The molecule has 1 aliphatic rings. The average Bonchev–Trinajstić information content (AvgIpc) is 2.87. The topological polar surface area (TPSA) is 38.7 Å². The van der Waals surface area contributed by atoms with Crippen LogP contribution < -0.4 is 4.74 Å². The van der Waals surface area contributed by atoms with Crippen LogP contribution >= 0.6 is 0 Å². The average molecular weight is 287 g/mol. The predicted molar refractivity (Wildman–Crippen MR) is 84.7 cm³/mol. The summed E-state index contributed by atoms with van der Waals surface area (Å²) in [4.78, 5) is 15.2. The number of hydrogen-bond acceptors (Lipinski definition) is 3. The SMILES string of the molecule is COc1c(C(C)(C)C)cc(C)cc1C1(N=C=O)CCCC1. The Morgan fingerprint density at radius 2 is 1.86 bits per heavy atom. The van der Waals surface area contributed by atoms with Crippen molar-refractivity contribution in [2.45, 2.75) is 64.3 Å². The van der Waals surface area contributed by atoms with Crippen molar-refractivity contribution in [3.63, 3.8) is 0 Å². The highest BCUT2D eigenvalue weighted by atomic mass is 16.5. The van der Waals surface area contributed by atoms with Gasteiger partial charge in [0.05, 0.1) is 7.11 Å². The largest absolute Gasteiger partial charge is 0.496 e. The van der Waals surface area contributed by atoms with Crippen LogP contribution in [0.15, 0.2) is 17.1 Å². The smallest absolute Gasteiger partial charge is 0.235 e. The second kappa shape index (κ2) is 5.65. The monoisotopic (exact) mass is 287 g/mol. The predicted octanol–water partition coefficient (Wildman–Crippen LogP) is 4.41. The summed E-state index contributed by atoms with van der Waals surface area (Å²) in [5.41, 5.74) is 2.95. The second-order valence-corrected chi connectivity index (χ2v) is 7.09. The lowest BCUT2D eigenvalue weighted by molar-refractivity contribution is 0.366. The van der Waals surface area contributed by atoms with Crippen molar-refractivity contribution in [2.24, 2.45) is 4.99 Å². The molecule has 0 radical (unpaired) electrons. The molecule has 3 heteroatoms. The Labute approximate surface area is 127 Å². The third kappa shape index (κ3) is 2.89. The van der Waals surface area contributed by atoms with E-state index in [1.54, 1.807) is 13.2 Å². The van der Waals surface area contributed by atoms with Crippen molar-refractivity contribution in [1.82, 2.24) is 0 Å². The molecule has 1 fully saturated rings. The number of methoxy groups -OCH3 is 1. The van der Waals surface area contributed by atoms with Gasteiger partial charge in [0.25, 0.3) is 0 Å². The molecule has 0 bridgehead atoms. The van der Waals surface area contributed by atoms with Crippen LogP contribution in [0.1, 0.15) is 63.1 Å². The zero-order valence-electron chi connectivity index (χ0n) is 13.7. The van der Waals surface area contributed by atoms with E-state index in [9.17, 15) is 4.79 Å². The summed E-state index contributed by atoms with van der Waals surface area (Å²) < 4.78 is 5.75. The van der Waals surface area contributed by atoms with E-state index in [1.165, 1.54) is 11.1 Å². The molecule has 21 heavy (non-hydrogen) atoms. The first-order valence-electron chi connectivity index (χ1n) is 7.63. The molecule has 0 unspecified atom stereocenters. The summed E-state index contributed by atoms with van der Waals surface area (Å²) >= 11 is 0. The van der Waals surface area contributed by atoms with Gasteiger partial charge < -0.3 is 4.74 Å². The first-order valence-corrected chi connectivity index (χ1v) is 7.63. The Morgan fingerprint density at radius 1 is 1.24 bits per heavy atom. The van der Waals surface area contributed by atoms with Gasteiger partial charge in [-0.25, -0.2) is 4.79 Å². The highest BCUT2D eigenvalue weighted by molar-refractivity contribution is 5.52. The maximum absolute atomic E-state index is 11.0. The Hall–Kier alpha value is -1.60. The van der Waals surface area contributed by atoms with Crippen LogP contribution in [-0.2, 0) is 15.7 Å². The molecule has 0 N–H and O–H groups in total. The number of aliphatic imine (C=N–C) groups is 1. The van der Waals surface area contributed by atoms with Gasteiger partial charge in [0.2, 0.25) is 6.08 Å². The highest BCUT2D eigenvalue weighted by Crippen LogP contribution is 2.48. The van der Waals surface area contributed by atoms with Gasteiger partial charge in [-0.2, -0.15) is 4.99 Å². The van der Waals surface area contributed by atoms with E-state index >= 15 is 0 Å². The van der Waals surface area contributed by atoms with E-state index in [1.807, 2.05) is 0 Å². The van der Waals surface area contributed by atoms with Gasteiger partial charge in [-0.15, -0.1) is 0 Å². The zero-order chi connectivity index (χ0) is 15.7. The van der Waals surface area contributed by atoms with Crippen LogP contribution in [0, 0.1) is 6.92 Å². The Morgan fingerprint density at radius 3 is 2.33 bits per heavy atom. The van der Waals surface area contributed by atoms with Crippen molar-refractivity contribution >= 4 is 6.08 Å². The quantitative estimate of drug-likeness (QED) is 0.610. The maximum atomic E-state index is 11.0. The standard InChI is InChI=1S/C18H25NO2/c1-13-10-14(17(2,3)4)16(21-5)15(11-13)18(19-12-20)8-6-7-9-18/h10-11H,6-9H2,1-5H3. The van der Waals surface area contributed by atoms with E-state index in [-0.39, 0.29) is 5.41 Å². The van der Waals surface area contributed by atoms with Crippen molar-refractivity contribution in [1.29, 1.82) is 0 Å². The van der Waals surface area contributed by atoms with E-state index in [4.69, 9.17) is 4.74 Å². The number of rotatable bonds is 3. The van der Waals surface area contributed by atoms with Crippen LogP contribution in [0.5, 0.6) is 5.75 Å². The van der Waals surface area contributed by atoms with Gasteiger partial charge in [-0.1, -0.05) is 45.2 Å². The fourth-order valence-electron chi connectivity index (χ4n) is 3.38. The van der Waals surface area contributed by atoms with Gasteiger partial charge >= 0.3 is 0 Å². The minimum atomic E-state index is -0.445. The molecule has 0 atom stereocenters. The number of hydrogen-bond donors (Lipinski definition) is 0. The van der Waals surface area contributed by atoms with Gasteiger partial charge in [0, 0.05) is 11.1 Å². The van der Waals surface area contributed by atoms with E-state index in [2.05, 4.69) is 44.8 Å². The van der Waals surface area contributed by atoms with Crippen LogP contribution in [0.2, 0.25) is 0 Å². The van der Waals surface area contributed by atoms with Crippen molar-refractivity contribution in [2.75, 3.05) is 7.11 Å². The van der Waals surface area contributed by atoms with E-state index < -0.39 is 5.54 Å². The molecule has 0 aromatic heterocycles. The molecular weight excluding hydrogens is 262 g/mol. The Kier molecular flexibility index (Phi) is 4.25. The molecule has 3 nitrogen and oxygen atoms in total. The first kappa shape index (κ1) is 15.8. The molecule has 1 aromatic carbocycles. The Bertz CT molecular complexity index is 572. The van der Waals surface area contributed by atoms with Gasteiger partial charge in [-0.3, -0.25) is 0 Å². The molecule has 0 aliphatic heterocycles. The van der Waals surface area contributed by atoms with Crippen LogP contribution in [-0.4, -0.2) is 13.2 Å². The first-order chi connectivity index (χ1) is 9.84. The third-order valence-corrected chi connectivity index (χ3v) is 4.44. The molecule has 0 heterocycles. The van der Waals surface area contributed by atoms with Crippen LogP contribution in [0.4, 0.5) is 0 Å². The minimum Gasteiger partial charge on any atom is -0.496 e. The van der Waals surface area contributed by atoms with Crippen LogP contribution in [0.3, 0.4) is 0 Å². The summed E-state index contributed by atoms with van der Waals surface area (Å²) in [7, 11) is 1.71. The number of aryl methyl sites for hydroxylation is 1. The molecule has 1 saturated carbocycles. The van der Waals surface area contributed by atoms with Gasteiger partial charge in [-0.05, 0) is 31.2 Å². The molecule has 0 saturated heterocycles. The number of benzene rings is 1. The fraction of sp³-hybridized carbons (Fsp3) is 0.611. The van der Waals surface area contributed by atoms with E-state index in [0.29, 0.717) is 0 Å². The minimum absolute atomic E-state index is 0.0171. The number of carbonyl (C=O) groups excluding carboxylic acids is 1. The lowest BCUT2D eigenvalue weighted by Crippen LogP contribution is -2.23. The van der Waals surface area contributed by atoms with Crippen LogP contribution in [0.25, 0.3) is 0 Å². The molecule has 0 spiro atoms. The molecule has 2 rings (SSSR count). The molecule has 1 aromatic rings. The van der Waals surface area contributed by atoms with Crippen molar-refractivity contribution in [3.05, 3.63) is 28.8 Å². The molecule has 1 aliphatic carbocycles. The summed E-state index contributed by atoms with van der Waals surface area (Å²) in [5.74, 6) is 0.883. The van der Waals surface area contributed by atoms with Crippen molar-refractivity contribution in [3.8, 4) is 5.75 Å². The lowest BCUT2D eigenvalue weighted by atomic mass is 9.79. The maximum Gasteiger partial charge on any atom is 0.235 e. The van der Waals surface area contributed by atoms with E-state index in [0.717, 1.165) is 37.0 Å². The third-order valence-electron chi connectivity index (χ3n) is 4.44. The van der Waals surface area contributed by atoms with Crippen molar-refractivity contribution < 1.29 is 9.53 Å². The summed E-state index contributed by atoms with van der Waals surface area (Å²) in [6.07, 6.45) is 5.77. The lowest BCUT2D eigenvalue weighted by Gasteiger charge is -2.30. The highest BCUT2D eigenvalue weighted by Gasteiger charge is 2.39. The summed E-state index contributed by atoms with van der Waals surface area (Å²) in [6, 6.07) is 4.30. The summed E-state index contributed by atoms with van der Waals surface area (Å²) in [6.45, 7) is 8.63. The Balaban J connectivity index is 2.73. The number of isocyanates is 1. The van der Waals surface area contributed by atoms with Gasteiger partial charge in [0.1, 0.15) is 11.3 Å².